The summed E-state index contributed by atoms with van der Waals surface area (Å²) in [6.07, 6.45) is 0.452. The van der Waals surface area contributed by atoms with Gasteiger partial charge in [0.15, 0.2) is 0 Å². The van der Waals surface area contributed by atoms with E-state index in [0.717, 1.165) is 21.4 Å². The Balaban J connectivity index is 1.86. The van der Waals surface area contributed by atoms with Crippen LogP contribution in [0.3, 0.4) is 0 Å². The zero-order chi connectivity index (χ0) is 26.1. The van der Waals surface area contributed by atoms with Crippen LogP contribution >= 0.6 is 27.7 Å². The molecule has 0 unspecified atom stereocenters. The lowest BCUT2D eigenvalue weighted by molar-refractivity contribution is -0.140. The van der Waals surface area contributed by atoms with Crippen LogP contribution in [-0.4, -0.2) is 34.0 Å². The van der Waals surface area contributed by atoms with Gasteiger partial charge in [0.05, 0.1) is 5.75 Å². The summed E-state index contributed by atoms with van der Waals surface area (Å²) in [7, 11) is 0. The van der Waals surface area contributed by atoms with Crippen LogP contribution in [0.2, 0.25) is 0 Å². The van der Waals surface area contributed by atoms with E-state index in [-0.39, 0.29) is 11.8 Å². The number of benzene rings is 3. The van der Waals surface area contributed by atoms with E-state index in [4.69, 9.17) is 0 Å². The molecule has 1 N–H and O–H groups in total. The van der Waals surface area contributed by atoms with Gasteiger partial charge < -0.3 is 10.2 Å². The van der Waals surface area contributed by atoms with Crippen molar-refractivity contribution in [1.82, 2.24) is 10.2 Å². The molecule has 0 saturated heterocycles. The molecular weight excluding hydrogens is 532 g/mol. The molecule has 0 heterocycles. The van der Waals surface area contributed by atoms with Crippen LogP contribution in [0.25, 0.3) is 0 Å². The third-order valence-electron chi connectivity index (χ3n) is 5.61. The maximum atomic E-state index is 13.7. The minimum Gasteiger partial charge on any atom is -0.350 e. The minimum absolute atomic E-state index is 0.0411. The van der Waals surface area contributed by atoms with Gasteiger partial charge in [0, 0.05) is 28.7 Å². The number of carbonyl (C=O) groups is 2. The van der Waals surface area contributed by atoms with Crippen LogP contribution in [0, 0.1) is 6.92 Å². The Kier molecular flexibility index (Phi) is 10.2. The standard InChI is InChI=1S/C30H35BrN2O2S/c1-22-9-8-12-25(17-22)20-36-21-28(34)33(19-24-13-15-26(31)16-14-24)27(29(35)32-30(2,3)4)18-23-10-6-5-7-11-23/h5-17,27H,18-21H2,1-4H3,(H,32,35)/t27-/m0/s1. The van der Waals surface area contributed by atoms with Crippen LogP contribution in [-0.2, 0) is 28.3 Å². The van der Waals surface area contributed by atoms with E-state index < -0.39 is 11.6 Å². The number of thioether (sulfide) groups is 1. The van der Waals surface area contributed by atoms with Gasteiger partial charge in [-0.1, -0.05) is 88.2 Å². The molecule has 4 nitrogen and oxygen atoms in total. The predicted octanol–water partition coefficient (Wildman–Crippen LogP) is 6.55. The van der Waals surface area contributed by atoms with Crippen LogP contribution in [0.5, 0.6) is 0 Å². The number of hydrogen-bond acceptors (Lipinski definition) is 3. The summed E-state index contributed by atoms with van der Waals surface area (Å²) >= 11 is 5.07. The summed E-state index contributed by atoms with van der Waals surface area (Å²) in [4.78, 5) is 29.0. The number of aryl methyl sites for hydroxylation is 1. The molecule has 0 bridgehead atoms. The molecular formula is C30H35BrN2O2S. The van der Waals surface area contributed by atoms with E-state index in [2.05, 4.69) is 46.4 Å². The Morgan fingerprint density at radius 3 is 2.22 bits per heavy atom. The molecule has 0 spiro atoms. The fourth-order valence-corrected chi connectivity index (χ4v) is 5.06. The lowest BCUT2D eigenvalue weighted by Crippen LogP contribution is -2.54. The minimum atomic E-state index is -0.623. The Morgan fingerprint density at radius 2 is 1.58 bits per heavy atom. The van der Waals surface area contributed by atoms with Gasteiger partial charge in [0.25, 0.3) is 0 Å². The topological polar surface area (TPSA) is 49.4 Å². The van der Waals surface area contributed by atoms with Crippen molar-refractivity contribution in [3.8, 4) is 0 Å². The van der Waals surface area contributed by atoms with E-state index in [1.807, 2.05) is 81.4 Å². The highest BCUT2D eigenvalue weighted by molar-refractivity contribution is 9.10. The smallest absolute Gasteiger partial charge is 0.243 e. The van der Waals surface area contributed by atoms with Gasteiger partial charge in [-0.25, -0.2) is 0 Å². The lowest BCUT2D eigenvalue weighted by Gasteiger charge is -2.34. The summed E-state index contributed by atoms with van der Waals surface area (Å²) in [5.74, 6) is 0.872. The fraction of sp³-hybridized carbons (Fsp3) is 0.333. The average molecular weight is 568 g/mol. The molecule has 0 aliphatic rings. The Hall–Kier alpha value is -2.57. The molecule has 0 aliphatic heterocycles. The normalized spacial score (nSPS) is 12.1. The number of nitrogens with one attached hydrogen (secondary N) is 1. The number of nitrogens with zero attached hydrogens (tertiary/aromatic N) is 1. The molecule has 0 aliphatic carbocycles. The molecule has 0 aromatic heterocycles. The highest BCUT2D eigenvalue weighted by Crippen LogP contribution is 2.20. The molecule has 2 amide bonds. The second-order valence-electron chi connectivity index (χ2n) is 10.1. The van der Waals surface area contributed by atoms with Gasteiger partial charge >= 0.3 is 0 Å². The van der Waals surface area contributed by atoms with Crippen LogP contribution in [0.1, 0.15) is 43.0 Å². The van der Waals surface area contributed by atoms with Crippen molar-refractivity contribution in [3.63, 3.8) is 0 Å². The molecule has 0 fully saturated rings. The molecule has 3 aromatic carbocycles. The summed E-state index contributed by atoms with van der Waals surface area (Å²) in [6.45, 7) is 8.32. The lowest BCUT2D eigenvalue weighted by atomic mass is 10.0. The second kappa shape index (κ2) is 13.1. The monoisotopic (exact) mass is 566 g/mol. The maximum Gasteiger partial charge on any atom is 0.243 e. The van der Waals surface area contributed by atoms with Gasteiger partial charge in [0.2, 0.25) is 11.8 Å². The average Bonchev–Trinajstić information content (AvgIpc) is 2.82. The number of hydrogen-bond donors (Lipinski definition) is 1. The summed E-state index contributed by atoms with van der Waals surface area (Å²) in [5, 5.41) is 3.11. The van der Waals surface area contributed by atoms with E-state index >= 15 is 0 Å². The third kappa shape index (κ3) is 9.14. The maximum absolute atomic E-state index is 13.7. The molecule has 3 aromatic rings. The largest absolute Gasteiger partial charge is 0.350 e. The number of halogens is 1. The van der Waals surface area contributed by atoms with Crippen molar-refractivity contribution in [3.05, 3.63) is 106 Å². The summed E-state index contributed by atoms with van der Waals surface area (Å²) in [5.41, 5.74) is 4.00. The van der Waals surface area contributed by atoms with Crippen molar-refractivity contribution in [1.29, 1.82) is 0 Å². The van der Waals surface area contributed by atoms with E-state index in [0.29, 0.717) is 18.7 Å². The Morgan fingerprint density at radius 1 is 0.917 bits per heavy atom. The van der Waals surface area contributed by atoms with Crippen molar-refractivity contribution < 1.29 is 9.59 Å². The highest BCUT2D eigenvalue weighted by atomic mass is 79.9. The van der Waals surface area contributed by atoms with Crippen LogP contribution < -0.4 is 5.32 Å². The van der Waals surface area contributed by atoms with E-state index in [1.54, 1.807) is 16.7 Å². The molecule has 3 rings (SSSR count). The van der Waals surface area contributed by atoms with E-state index in [1.165, 1.54) is 11.1 Å². The predicted molar refractivity (Wildman–Crippen MR) is 154 cm³/mol. The van der Waals surface area contributed by atoms with Gasteiger partial charge in [-0.2, -0.15) is 0 Å². The SMILES string of the molecule is Cc1cccc(CSCC(=O)N(Cc2ccc(Br)cc2)[C@@H](Cc2ccccc2)C(=O)NC(C)(C)C)c1. The zero-order valence-electron chi connectivity index (χ0n) is 21.5. The van der Waals surface area contributed by atoms with E-state index in [9.17, 15) is 9.59 Å². The van der Waals surface area contributed by atoms with Gasteiger partial charge in [-0.15, -0.1) is 11.8 Å². The molecule has 0 saturated carbocycles. The third-order valence-corrected chi connectivity index (χ3v) is 7.13. The molecule has 6 heteroatoms. The number of amides is 2. The van der Waals surface area contributed by atoms with Gasteiger partial charge in [-0.05, 0) is 56.5 Å². The first-order chi connectivity index (χ1) is 17.1. The summed E-state index contributed by atoms with van der Waals surface area (Å²) in [6, 6.07) is 25.5. The van der Waals surface area contributed by atoms with Crippen molar-refractivity contribution in [2.24, 2.45) is 0 Å². The van der Waals surface area contributed by atoms with Gasteiger partial charge in [0.1, 0.15) is 6.04 Å². The Labute approximate surface area is 228 Å². The quantitative estimate of drug-likeness (QED) is 0.303. The molecule has 1 atom stereocenters. The zero-order valence-corrected chi connectivity index (χ0v) is 23.9. The summed E-state index contributed by atoms with van der Waals surface area (Å²) < 4.78 is 0.976. The number of rotatable bonds is 10. The highest BCUT2D eigenvalue weighted by Gasteiger charge is 2.32. The van der Waals surface area contributed by atoms with Crippen molar-refractivity contribution >= 4 is 39.5 Å². The molecule has 190 valence electrons. The van der Waals surface area contributed by atoms with Crippen LogP contribution in [0.15, 0.2) is 83.3 Å². The molecule has 36 heavy (non-hydrogen) atoms. The Bertz CT molecular complexity index is 1140. The molecule has 0 radical (unpaired) electrons. The number of carbonyl (C=O) groups excluding carboxylic acids is 2. The second-order valence-corrected chi connectivity index (χ2v) is 12.0. The first-order valence-electron chi connectivity index (χ1n) is 12.1. The fourth-order valence-electron chi connectivity index (χ4n) is 3.93. The van der Waals surface area contributed by atoms with Gasteiger partial charge in [-0.3, -0.25) is 9.59 Å². The first-order valence-corrected chi connectivity index (χ1v) is 14.1. The van der Waals surface area contributed by atoms with Crippen molar-refractivity contribution in [2.75, 3.05) is 5.75 Å². The van der Waals surface area contributed by atoms with Crippen LogP contribution in [0.4, 0.5) is 0 Å². The van der Waals surface area contributed by atoms with Crippen molar-refractivity contribution in [2.45, 2.75) is 58.0 Å². The first kappa shape index (κ1) is 28.0.